The van der Waals surface area contributed by atoms with Gasteiger partial charge in [0.15, 0.2) is 5.96 Å². The Kier molecular flexibility index (Phi) is 9.10. The molecule has 0 heterocycles. The highest BCUT2D eigenvalue weighted by molar-refractivity contribution is 5.79. The Morgan fingerprint density at radius 2 is 1.96 bits per heavy atom. The van der Waals surface area contributed by atoms with Crippen LogP contribution in [0, 0.1) is 0 Å². The maximum absolute atomic E-state index is 5.90. The van der Waals surface area contributed by atoms with E-state index in [2.05, 4.69) is 22.5 Å². The highest BCUT2D eigenvalue weighted by Gasteiger charge is 2.14. The van der Waals surface area contributed by atoms with Crippen LogP contribution in [0.2, 0.25) is 0 Å². The Bertz CT molecular complexity index is 557. The molecule has 2 rings (SSSR count). The molecular formula is C20H33N3O3. The first-order chi connectivity index (χ1) is 12.8. The summed E-state index contributed by atoms with van der Waals surface area (Å²) < 4.78 is 16.6. The number of hydrogen-bond acceptors (Lipinski definition) is 4. The van der Waals surface area contributed by atoms with Crippen LogP contribution in [0.15, 0.2) is 23.2 Å². The smallest absolute Gasteiger partial charge is 0.191 e. The van der Waals surface area contributed by atoms with Crippen LogP contribution in [-0.4, -0.2) is 46.0 Å². The Morgan fingerprint density at radius 1 is 1.15 bits per heavy atom. The van der Waals surface area contributed by atoms with Gasteiger partial charge in [0, 0.05) is 31.3 Å². The molecule has 0 amide bonds. The van der Waals surface area contributed by atoms with Crippen LogP contribution >= 0.6 is 0 Å². The van der Waals surface area contributed by atoms with Gasteiger partial charge in [-0.2, -0.15) is 0 Å². The summed E-state index contributed by atoms with van der Waals surface area (Å²) in [6, 6.07) is 5.79. The fourth-order valence-electron chi connectivity index (χ4n) is 3.07. The molecule has 0 aromatic heterocycles. The van der Waals surface area contributed by atoms with Crippen LogP contribution < -0.4 is 20.1 Å². The molecule has 6 heteroatoms. The first kappa shape index (κ1) is 20.4. The number of hydrogen-bond donors (Lipinski definition) is 2. The van der Waals surface area contributed by atoms with E-state index < -0.39 is 0 Å². The molecule has 1 saturated carbocycles. The number of aliphatic imine (C=N–C) groups is 1. The lowest BCUT2D eigenvalue weighted by atomic mass is 10.2. The van der Waals surface area contributed by atoms with Gasteiger partial charge < -0.3 is 24.8 Å². The molecule has 0 bridgehead atoms. The molecule has 2 N–H and O–H groups in total. The largest absolute Gasteiger partial charge is 0.497 e. The van der Waals surface area contributed by atoms with Crippen molar-refractivity contribution in [3.8, 4) is 11.5 Å². The molecule has 0 atom stereocenters. The molecule has 1 fully saturated rings. The van der Waals surface area contributed by atoms with E-state index in [1.54, 1.807) is 14.2 Å². The first-order valence-electron chi connectivity index (χ1n) is 9.61. The van der Waals surface area contributed by atoms with E-state index in [4.69, 9.17) is 14.2 Å². The normalized spacial score (nSPS) is 15.1. The van der Waals surface area contributed by atoms with Crippen LogP contribution in [0.3, 0.4) is 0 Å². The number of nitrogens with one attached hydrogen (secondary N) is 2. The molecule has 26 heavy (non-hydrogen) atoms. The first-order valence-corrected chi connectivity index (χ1v) is 9.61. The van der Waals surface area contributed by atoms with Crippen molar-refractivity contribution >= 4 is 5.96 Å². The molecule has 146 valence electrons. The Hall–Kier alpha value is -1.95. The van der Waals surface area contributed by atoms with Gasteiger partial charge in [0.25, 0.3) is 0 Å². The minimum Gasteiger partial charge on any atom is -0.497 e. The Labute approximate surface area is 157 Å². The van der Waals surface area contributed by atoms with E-state index in [0.29, 0.717) is 12.6 Å². The maximum Gasteiger partial charge on any atom is 0.191 e. The molecule has 0 saturated heterocycles. The van der Waals surface area contributed by atoms with Gasteiger partial charge in [0.05, 0.1) is 26.9 Å². The van der Waals surface area contributed by atoms with Crippen molar-refractivity contribution in [3.05, 3.63) is 23.8 Å². The number of nitrogens with zero attached hydrogens (tertiary/aromatic N) is 1. The average molecular weight is 364 g/mol. The number of methoxy groups -OCH3 is 2. The van der Waals surface area contributed by atoms with Gasteiger partial charge in [0.2, 0.25) is 0 Å². The summed E-state index contributed by atoms with van der Waals surface area (Å²) in [5.74, 6) is 2.38. The molecule has 0 radical (unpaired) electrons. The highest BCUT2D eigenvalue weighted by Crippen LogP contribution is 2.25. The summed E-state index contributed by atoms with van der Waals surface area (Å²) in [6.07, 6.45) is 6.54. The SMILES string of the molecule is CCNC(=NCc1ccc(OC)cc1OC)NCCCOC1CCCC1. The van der Waals surface area contributed by atoms with Crippen LogP contribution in [0.25, 0.3) is 0 Å². The van der Waals surface area contributed by atoms with Gasteiger partial charge in [-0.25, -0.2) is 4.99 Å². The summed E-state index contributed by atoms with van der Waals surface area (Å²) in [5.41, 5.74) is 1.02. The monoisotopic (exact) mass is 363 g/mol. The second-order valence-corrected chi connectivity index (χ2v) is 6.43. The molecular weight excluding hydrogens is 330 g/mol. The zero-order chi connectivity index (χ0) is 18.6. The predicted octanol–water partition coefficient (Wildman–Crippen LogP) is 3.11. The van der Waals surface area contributed by atoms with Crippen molar-refractivity contribution in [2.45, 2.75) is 51.7 Å². The highest BCUT2D eigenvalue weighted by atomic mass is 16.5. The zero-order valence-electron chi connectivity index (χ0n) is 16.3. The zero-order valence-corrected chi connectivity index (χ0v) is 16.3. The molecule has 0 spiro atoms. The third-order valence-electron chi connectivity index (χ3n) is 4.52. The molecule has 1 aliphatic carbocycles. The Balaban J connectivity index is 1.79. The van der Waals surface area contributed by atoms with Crippen molar-refractivity contribution in [3.63, 3.8) is 0 Å². The fraction of sp³-hybridized carbons (Fsp3) is 0.650. The molecule has 6 nitrogen and oxygen atoms in total. The van der Waals surface area contributed by atoms with Crippen LogP contribution in [0.1, 0.15) is 44.6 Å². The predicted molar refractivity (Wildman–Crippen MR) is 105 cm³/mol. The van der Waals surface area contributed by atoms with Gasteiger partial charge in [-0.1, -0.05) is 12.8 Å². The molecule has 0 unspecified atom stereocenters. The van der Waals surface area contributed by atoms with Crippen molar-refractivity contribution in [1.29, 1.82) is 0 Å². The van der Waals surface area contributed by atoms with Gasteiger partial charge >= 0.3 is 0 Å². The van der Waals surface area contributed by atoms with Gasteiger partial charge in [-0.3, -0.25) is 0 Å². The number of guanidine groups is 1. The topological polar surface area (TPSA) is 64.1 Å². The van der Waals surface area contributed by atoms with E-state index in [9.17, 15) is 0 Å². The third-order valence-corrected chi connectivity index (χ3v) is 4.52. The lowest BCUT2D eigenvalue weighted by Gasteiger charge is -2.14. The second-order valence-electron chi connectivity index (χ2n) is 6.43. The summed E-state index contributed by atoms with van der Waals surface area (Å²) in [6.45, 7) is 5.08. The summed E-state index contributed by atoms with van der Waals surface area (Å²) in [5, 5.41) is 6.65. The third kappa shape index (κ3) is 6.75. The Morgan fingerprint density at radius 3 is 2.65 bits per heavy atom. The van der Waals surface area contributed by atoms with Crippen molar-refractivity contribution in [2.24, 2.45) is 4.99 Å². The van der Waals surface area contributed by atoms with E-state index >= 15 is 0 Å². The van der Waals surface area contributed by atoms with E-state index in [1.807, 2.05) is 18.2 Å². The summed E-state index contributed by atoms with van der Waals surface area (Å²) in [7, 11) is 3.31. The van der Waals surface area contributed by atoms with Gasteiger partial charge in [-0.05, 0) is 38.3 Å². The lowest BCUT2D eigenvalue weighted by Crippen LogP contribution is -2.38. The maximum atomic E-state index is 5.90. The van der Waals surface area contributed by atoms with E-state index in [-0.39, 0.29) is 0 Å². The average Bonchev–Trinajstić information content (AvgIpc) is 3.19. The minimum atomic E-state index is 0.486. The van der Waals surface area contributed by atoms with Crippen LogP contribution in [0.5, 0.6) is 11.5 Å². The number of benzene rings is 1. The molecule has 1 aliphatic rings. The number of ether oxygens (including phenoxy) is 3. The number of rotatable bonds is 10. The molecule has 1 aromatic carbocycles. The van der Waals surface area contributed by atoms with Crippen molar-refractivity contribution in [2.75, 3.05) is 33.9 Å². The van der Waals surface area contributed by atoms with Crippen LogP contribution in [0.4, 0.5) is 0 Å². The molecule has 0 aliphatic heterocycles. The second kappa shape index (κ2) is 11.6. The standard InChI is InChI=1S/C20H33N3O3/c1-4-21-20(22-12-7-13-26-17-8-5-6-9-17)23-15-16-10-11-18(24-2)14-19(16)25-3/h10-11,14,17H,4-9,12-13,15H2,1-3H3,(H2,21,22,23). The van der Waals surface area contributed by atoms with Crippen molar-refractivity contribution in [1.82, 2.24) is 10.6 Å². The quantitative estimate of drug-likeness (QED) is 0.380. The van der Waals surface area contributed by atoms with Gasteiger partial charge in [0.1, 0.15) is 11.5 Å². The minimum absolute atomic E-state index is 0.486. The van der Waals surface area contributed by atoms with Crippen molar-refractivity contribution < 1.29 is 14.2 Å². The van der Waals surface area contributed by atoms with Gasteiger partial charge in [-0.15, -0.1) is 0 Å². The lowest BCUT2D eigenvalue weighted by molar-refractivity contribution is 0.0574. The van der Waals surface area contributed by atoms with E-state index in [0.717, 1.165) is 49.1 Å². The fourth-order valence-corrected chi connectivity index (χ4v) is 3.07. The van der Waals surface area contributed by atoms with E-state index in [1.165, 1.54) is 25.7 Å². The van der Waals surface area contributed by atoms with Crippen LogP contribution in [-0.2, 0) is 11.3 Å². The molecule has 1 aromatic rings. The summed E-state index contributed by atoms with van der Waals surface area (Å²) in [4.78, 5) is 4.66. The summed E-state index contributed by atoms with van der Waals surface area (Å²) >= 11 is 0.